The van der Waals surface area contributed by atoms with Crippen LogP contribution in [0.25, 0.3) is 0 Å². The molecule has 2 unspecified atom stereocenters. The Hall–Kier alpha value is -1.80. The summed E-state index contributed by atoms with van der Waals surface area (Å²) in [5.74, 6) is 0.333. The smallest absolute Gasteiger partial charge is 0.115 e. The van der Waals surface area contributed by atoms with Gasteiger partial charge in [0.05, 0.1) is 0 Å². The van der Waals surface area contributed by atoms with Crippen LogP contribution in [0.15, 0.2) is 54.6 Å². The van der Waals surface area contributed by atoms with Gasteiger partial charge in [-0.3, -0.25) is 0 Å². The van der Waals surface area contributed by atoms with E-state index >= 15 is 0 Å². The molecule has 2 atom stereocenters. The minimum atomic E-state index is 0.333. The zero-order valence-corrected chi connectivity index (χ0v) is 12.9. The molecule has 0 amide bonds. The fourth-order valence-corrected chi connectivity index (χ4v) is 2.61. The summed E-state index contributed by atoms with van der Waals surface area (Å²) in [5, 5.41) is 13.0. The maximum atomic E-state index is 9.30. The van der Waals surface area contributed by atoms with Gasteiger partial charge in [0.25, 0.3) is 0 Å². The SMILES string of the molecule is CCC(NC(C)CCc1ccc(O)cc1)c1ccccc1. The van der Waals surface area contributed by atoms with Crippen LogP contribution in [0, 0.1) is 0 Å². The lowest BCUT2D eigenvalue weighted by Crippen LogP contribution is -2.30. The van der Waals surface area contributed by atoms with Crippen LogP contribution >= 0.6 is 0 Å². The quantitative estimate of drug-likeness (QED) is 0.786. The van der Waals surface area contributed by atoms with Crippen molar-refractivity contribution in [2.75, 3.05) is 0 Å². The fourth-order valence-electron chi connectivity index (χ4n) is 2.61. The van der Waals surface area contributed by atoms with Crippen LogP contribution in [0.5, 0.6) is 5.75 Å². The highest BCUT2D eigenvalue weighted by Gasteiger charge is 2.12. The molecule has 2 rings (SSSR count). The number of phenols is 1. The maximum Gasteiger partial charge on any atom is 0.115 e. The molecule has 0 heterocycles. The zero-order chi connectivity index (χ0) is 15.1. The highest BCUT2D eigenvalue weighted by Crippen LogP contribution is 2.18. The first-order chi connectivity index (χ1) is 10.2. The Kier molecular flexibility index (Phi) is 5.82. The molecular formula is C19H25NO. The molecule has 0 aliphatic heterocycles. The molecule has 0 aliphatic rings. The molecule has 2 aromatic rings. The number of hydrogen-bond donors (Lipinski definition) is 2. The van der Waals surface area contributed by atoms with Gasteiger partial charge in [-0.25, -0.2) is 0 Å². The summed E-state index contributed by atoms with van der Waals surface area (Å²) in [6, 6.07) is 19.0. The third-order valence-electron chi connectivity index (χ3n) is 3.90. The Bertz CT molecular complexity index is 521. The zero-order valence-electron chi connectivity index (χ0n) is 12.9. The Morgan fingerprint density at radius 2 is 1.67 bits per heavy atom. The van der Waals surface area contributed by atoms with E-state index < -0.39 is 0 Å². The molecule has 0 aromatic heterocycles. The van der Waals surface area contributed by atoms with Gasteiger partial charge >= 0.3 is 0 Å². The van der Waals surface area contributed by atoms with Crippen LogP contribution in [0.3, 0.4) is 0 Å². The molecule has 0 aliphatic carbocycles. The van der Waals surface area contributed by atoms with Gasteiger partial charge < -0.3 is 10.4 Å². The van der Waals surface area contributed by atoms with Gasteiger partial charge in [-0.05, 0) is 49.4 Å². The summed E-state index contributed by atoms with van der Waals surface area (Å²) in [4.78, 5) is 0. The van der Waals surface area contributed by atoms with Crippen molar-refractivity contribution < 1.29 is 5.11 Å². The summed E-state index contributed by atoms with van der Waals surface area (Å²) in [6.45, 7) is 4.46. The third kappa shape index (κ3) is 4.91. The number of benzene rings is 2. The molecule has 0 saturated heterocycles. The van der Waals surface area contributed by atoms with Crippen molar-refractivity contribution in [3.8, 4) is 5.75 Å². The molecule has 112 valence electrons. The van der Waals surface area contributed by atoms with E-state index in [9.17, 15) is 5.11 Å². The lowest BCUT2D eigenvalue weighted by Gasteiger charge is -2.23. The van der Waals surface area contributed by atoms with Crippen LogP contribution in [0.1, 0.15) is 43.9 Å². The predicted octanol–water partition coefficient (Wildman–Crippen LogP) is 4.45. The van der Waals surface area contributed by atoms with Gasteiger partial charge in [0, 0.05) is 12.1 Å². The highest BCUT2D eigenvalue weighted by molar-refractivity contribution is 5.26. The minimum absolute atomic E-state index is 0.333. The van der Waals surface area contributed by atoms with Crippen molar-refractivity contribution in [2.45, 2.75) is 45.2 Å². The number of hydrogen-bond acceptors (Lipinski definition) is 2. The second kappa shape index (κ2) is 7.84. The summed E-state index contributed by atoms with van der Waals surface area (Å²) in [6.07, 6.45) is 3.21. The van der Waals surface area contributed by atoms with Crippen molar-refractivity contribution in [1.82, 2.24) is 5.32 Å². The van der Waals surface area contributed by atoms with E-state index in [2.05, 4.69) is 49.5 Å². The average molecular weight is 283 g/mol. The van der Waals surface area contributed by atoms with E-state index in [0.717, 1.165) is 19.3 Å². The molecule has 0 fully saturated rings. The second-order valence-corrected chi connectivity index (χ2v) is 5.64. The first-order valence-corrected chi connectivity index (χ1v) is 7.78. The van der Waals surface area contributed by atoms with Crippen LogP contribution in [0.4, 0.5) is 0 Å². The standard InChI is InChI=1S/C19H25NO/c1-3-19(17-7-5-4-6-8-17)20-15(2)9-10-16-11-13-18(21)14-12-16/h4-8,11-15,19-21H,3,9-10H2,1-2H3. The van der Waals surface area contributed by atoms with Crippen molar-refractivity contribution in [3.05, 3.63) is 65.7 Å². The molecule has 0 radical (unpaired) electrons. The lowest BCUT2D eigenvalue weighted by atomic mass is 10.0. The number of nitrogens with one attached hydrogen (secondary N) is 1. The van der Waals surface area contributed by atoms with Crippen LogP contribution < -0.4 is 5.32 Å². The number of phenolic OH excluding ortho intramolecular Hbond substituents is 1. The summed E-state index contributed by atoms with van der Waals surface area (Å²) >= 11 is 0. The van der Waals surface area contributed by atoms with Gasteiger partial charge in [0.1, 0.15) is 5.75 Å². The first-order valence-electron chi connectivity index (χ1n) is 7.78. The fraction of sp³-hybridized carbons (Fsp3) is 0.368. The van der Waals surface area contributed by atoms with E-state index in [1.807, 2.05) is 12.1 Å². The average Bonchev–Trinajstić information content (AvgIpc) is 2.53. The Morgan fingerprint density at radius 1 is 1.00 bits per heavy atom. The third-order valence-corrected chi connectivity index (χ3v) is 3.90. The normalized spacial score (nSPS) is 13.8. The molecule has 0 spiro atoms. The molecule has 2 nitrogen and oxygen atoms in total. The van der Waals surface area contributed by atoms with Gasteiger partial charge in [-0.1, -0.05) is 49.4 Å². The van der Waals surface area contributed by atoms with Gasteiger partial charge in [-0.2, -0.15) is 0 Å². The van der Waals surface area contributed by atoms with Crippen molar-refractivity contribution in [2.24, 2.45) is 0 Å². The Labute approximate surface area is 127 Å². The number of rotatable bonds is 7. The molecule has 2 heteroatoms. The van der Waals surface area contributed by atoms with Crippen LogP contribution in [-0.4, -0.2) is 11.1 Å². The van der Waals surface area contributed by atoms with E-state index in [1.165, 1.54) is 11.1 Å². The molecule has 21 heavy (non-hydrogen) atoms. The molecule has 0 bridgehead atoms. The molecular weight excluding hydrogens is 258 g/mol. The van der Waals surface area contributed by atoms with Crippen molar-refractivity contribution in [3.63, 3.8) is 0 Å². The predicted molar refractivity (Wildman–Crippen MR) is 88.5 cm³/mol. The lowest BCUT2D eigenvalue weighted by molar-refractivity contribution is 0.427. The number of aromatic hydroxyl groups is 1. The van der Waals surface area contributed by atoms with Crippen LogP contribution in [-0.2, 0) is 6.42 Å². The highest BCUT2D eigenvalue weighted by atomic mass is 16.3. The van der Waals surface area contributed by atoms with E-state index in [1.54, 1.807) is 12.1 Å². The summed E-state index contributed by atoms with van der Waals surface area (Å²) in [5.41, 5.74) is 2.63. The summed E-state index contributed by atoms with van der Waals surface area (Å²) < 4.78 is 0. The van der Waals surface area contributed by atoms with Gasteiger partial charge in [0.2, 0.25) is 0 Å². The number of aryl methyl sites for hydroxylation is 1. The first kappa shape index (κ1) is 15.6. The van der Waals surface area contributed by atoms with E-state index in [0.29, 0.717) is 17.8 Å². The van der Waals surface area contributed by atoms with Gasteiger partial charge in [0.15, 0.2) is 0 Å². The second-order valence-electron chi connectivity index (χ2n) is 5.64. The largest absolute Gasteiger partial charge is 0.508 e. The maximum absolute atomic E-state index is 9.30. The Balaban J connectivity index is 1.85. The van der Waals surface area contributed by atoms with E-state index in [-0.39, 0.29) is 0 Å². The van der Waals surface area contributed by atoms with E-state index in [4.69, 9.17) is 0 Å². The monoisotopic (exact) mass is 283 g/mol. The molecule has 2 aromatic carbocycles. The van der Waals surface area contributed by atoms with Crippen molar-refractivity contribution >= 4 is 0 Å². The minimum Gasteiger partial charge on any atom is -0.508 e. The van der Waals surface area contributed by atoms with Crippen molar-refractivity contribution in [1.29, 1.82) is 0 Å². The summed E-state index contributed by atoms with van der Waals surface area (Å²) in [7, 11) is 0. The molecule has 0 saturated carbocycles. The topological polar surface area (TPSA) is 32.3 Å². The van der Waals surface area contributed by atoms with Gasteiger partial charge in [-0.15, -0.1) is 0 Å². The van der Waals surface area contributed by atoms with Crippen LogP contribution in [0.2, 0.25) is 0 Å². The molecule has 2 N–H and O–H groups in total. The Morgan fingerprint density at radius 3 is 2.29 bits per heavy atom.